The third-order valence-corrected chi connectivity index (χ3v) is 2.47. The van der Waals surface area contributed by atoms with Gasteiger partial charge in [-0.25, -0.2) is 0 Å². The molecule has 15 heavy (non-hydrogen) atoms. The number of nitrogens with two attached hydrogens (primary N) is 1. The van der Waals surface area contributed by atoms with E-state index in [9.17, 15) is 0 Å². The summed E-state index contributed by atoms with van der Waals surface area (Å²) in [5, 5.41) is 1.20. The third kappa shape index (κ3) is 2.46. The quantitative estimate of drug-likeness (QED) is 0.848. The summed E-state index contributed by atoms with van der Waals surface area (Å²) in [6, 6.07) is 8.36. The van der Waals surface area contributed by atoms with Crippen LogP contribution in [0.5, 0.6) is 0 Å². The molecule has 0 saturated carbocycles. The summed E-state index contributed by atoms with van der Waals surface area (Å²) in [7, 11) is 0. The number of hydrogen-bond acceptors (Lipinski definition) is 2. The van der Waals surface area contributed by atoms with Gasteiger partial charge in [-0.2, -0.15) is 0 Å². The molecule has 2 rings (SSSR count). The SMILES string of the molecule is Cc1cc2ncccc2cc1CCN.Cl. The number of aromatic nitrogens is 1. The molecular formula is C12H15ClN2. The van der Waals surface area contributed by atoms with Crippen LogP contribution in [-0.2, 0) is 6.42 Å². The van der Waals surface area contributed by atoms with Crippen molar-refractivity contribution in [2.24, 2.45) is 5.73 Å². The van der Waals surface area contributed by atoms with Crippen LogP contribution in [0.2, 0.25) is 0 Å². The highest BCUT2D eigenvalue weighted by Gasteiger charge is 2.00. The maximum atomic E-state index is 5.56. The number of nitrogens with zero attached hydrogens (tertiary/aromatic N) is 1. The smallest absolute Gasteiger partial charge is 0.0704 e. The van der Waals surface area contributed by atoms with Gasteiger partial charge in [0.2, 0.25) is 0 Å². The Morgan fingerprint density at radius 1 is 1.33 bits per heavy atom. The van der Waals surface area contributed by atoms with Crippen molar-refractivity contribution in [3.8, 4) is 0 Å². The van der Waals surface area contributed by atoms with E-state index in [1.807, 2.05) is 12.3 Å². The summed E-state index contributed by atoms with van der Waals surface area (Å²) < 4.78 is 0. The molecule has 0 bridgehead atoms. The molecule has 1 heterocycles. The fourth-order valence-electron chi connectivity index (χ4n) is 1.70. The number of hydrogen-bond donors (Lipinski definition) is 1. The second kappa shape index (κ2) is 5.10. The van der Waals surface area contributed by atoms with Gasteiger partial charge in [0.15, 0.2) is 0 Å². The zero-order chi connectivity index (χ0) is 9.97. The van der Waals surface area contributed by atoms with E-state index < -0.39 is 0 Å². The van der Waals surface area contributed by atoms with Crippen molar-refractivity contribution >= 4 is 23.3 Å². The van der Waals surface area contributed by atoms with Gasteiger partial charge in [-0.05, 0) is 49.2 Å². The first kappa shape index (κ1) is 12.0. The summed E-state index contributed by atoms with van der Waals surface area (Å²) in [6.07, 6.45) is 2.76. The van der Waals surface area contributed by atoms with Crippen LogP contribution in [0.25, 0.3) is 10.9 Å². The van der Waals surface area contributed by atoms with Crippen molar-refractivity contribution in [3.63, 3.8) is 0 Å². The number of fused-ring (bicyclic) bond motifs is 1. The van der Waals surface area contributed by atoms with Crippen LogP contribution in [0.1, 0.15) is 11.1 Å². The highest BCUT2D eigenvalue weighted by Crippen LogP contribution is 2.17. The van der Waals surface area contributed by atoms with E-state index in [-0.39, 0.29) is 12.4 Å². The van der Waals surface area contributed by atoms with E-state index in [4.69, 9.17) is 5.73 Å². The number of pyridine rings is 1. The molecule has 1 aromatic heterocycles. The lowest BCUT2D eigenvalue weighted by molar-refractivity contribution is 0.960. The predicted octanol–water partition coefficient (Wildman–Crippen LogP) is 2.47. The summed E-state index contributed by atoms with van der Waals surface area (Å²) >= 11 is 0. The third-order valence-electron chi connectivity index (χ3n) is 2.47. The molecule has 0 fully saturated rings. The second-order valence-electron chi connectivity index (χ2n) is 3.51. The van der Waals surface area contributed by atoms with Gasteiger partial charge in [-0.3, -0.25) is 4.98 Å². The van der Waals surface area contributed by atoms with Gasteiger partial charge in [0.1, 0.15) is 0 Å². The molecular weight excluding hydrogens is 208 g/mol. The molecule has 0 saturated heterocycles. The van der Waals surface area contributed by atoms with E-state index in [0.717, 1.165) is 11.9 Å². The summed E-state index contributed by atoms with van der Waals surface area (Å²) in [4.78, 5) is 4.31. The van der Waals surface area contributed by atoms with E-state index in [1.165, 1.54) is 16.5 Å². The Balaban J connectivity index is 0.00000112. The zero-order valence-corrected chi connectivity index (χ0v) is 9.55. The Labute approximate surface area is 95.9 Å². The molecule has 0 spiro atoms. The first-order valence-electron chi connectivity index (χ1n) is 4.85. The first-order valence-corrected chi connectivity index (χ1v) is 4.85. The molecule has 80 valence electrons. The maximum absolute atomic E-state index is 5.56. The van der Waals surface area contributed by atoms with Crippen molar-refractivity contribution < 1.29 is 0 Å². The van der Waals surface area contributed by atoms with Crippen molar-refractivity contribution in [1.82, 2.24) is 4.98 Å². The van der Waals surface area contributed by atoms with Crippen LogP contribution >= 0.6 is 12.4 Å². The summed E-state index contributed by atoms with van der Waals surface area (Å²) in [5.74, 6) is 0. The van der Waals surface area contributed by atoms with E-state index >= 15 is 0 Å². The predicted molar refractivity (Wildman–Crippen MR) is 66.5 cm³/mol. The lowest BCUT2D eigenvalue weighted by Gasteiger charge is -2.05. The van der Waals surface area contributed by atoms with Crippen LogP contribution in [0.4, 0.5) is 0 Å². The van der Waals surface area contributed by atoms with Crippen LogP contribution in [-0.4, -0.2) is 11.5 Å². The van der Waals surface area contributed by atoms with Gasteiger partial charge in [0.25, 0.3) is 0 Å². The average molecular weight is 223 g/mol. The fraction of sp³-hybridized carbons (Fsp3) is 0.250. The molecule has 0 aliphatic rings. The molecule has 0 aliphatic carbocycles. The molecule has 0 amide bonds. The minimum absolute atomic E-state index is 0. The van der Waals surface area contributed by atoms with Gasteiger partial charge >= 0.3 is 0 Å². The number of benzene rings is 1. The highest BCUT2D eigenvalue weighted by atomic mass is 35.5. The lowest BCUT2D eigenvalue weighted by atomic mass is 10.0. The molecule has 2 nitrogen and oxygen atoms in total. The number of rotatable bonds is 2. The first-order chi connectivity index (χ1) is 6.81. The normalized spacial score (nSPS) is 10.0. The van der Waals surface area contributed by atoms with Crippen molar-refractivity contribution in [1.29, 1.82) is 0 Å². The molecule has 3 heteroatoms. The molecule has 0 radical (unpaired) electrons. The summed E-state index contributed by atoms with van der Waals surface area (Å²) in [6.45, 7) is 2.81. The minimum Gasteiger partial charge on any atom is -0.330 e. The minimum atomic E-state index is 0. The fourth-order valence-corrected chi connectivity index (χ4v) is 1.70. The number of halogens is 1. The standard InChI is InChI=1S/C12H14N2.ClH/c1-9-7-12-11(3-2-6-14-12)8-10(9)4-5-13;/h2-3,6-8H,4-5,13H2,1H3;1H. The highest BCUT2D eigenvalue weighted by molar-refractivity contribution is 5.85. The lowest BCUT2D eigenvalue weighted by Crippen LogP contribution is -2.04. The van der Waals surface area contributed by atoms with Gasteiger partial charge in [0, 0.05) is 11.6 Å². The Kier molecular flexibility index (Phi) is 4.06. The van der Waals surface area contributed by atoms with E-state index in [1.54, 1.807) is 0 Å². The monoisotopic (exact) mass is 222 g/mol. The van der Waals surface area contributed by atoms with E-state index in [2.05, 4.69) is 30.1 Å². The Bertz CT molecular complexity index is 454. The molecule has 2 N–H and O–H groups in total. The molecule has 2 aromatic rings. The largest absolute Gasteiger partial charge is 0.330 e. The Morgan fingerprint density at radius 2 is 2.13 bits per heavy atom. The van der Waals surface area contributed by atoms with Gasteiger partial charge < -0.3 is 5.73 Å². The molecule has 0 aliphatic heterocycles. The van der Waals surface area contributed by atoms with Crippen molar-refractivity contribution in [2.45, 2.75) is 13.3 Å². The zero-order valence-electron chi connectivity index (χ0n) is 8.73. The van der Waals surface area contributed by atoms with Gasteiger partial charge in [0.05, 0.1) is 5.52 Å². The summed E-state index contributed by atoms with van der Waals surface area (Å²) in [5.41, 5.74) is 9.22. The Morgan fingerprint density at radius 3 is 2.87 bits per heavy atom. The van der Waals surface area contributed by atoms with Crippen LogP contribution in [0.15, 0.2) is 30.5 Å². The van der Waals surface area contributed by atoms with E-state index in [0.29, 0.717) is 6.54 Å². The second-order valence-corrected chi connectivity index (χ2v) is 3.51. The van der Waals surface area contributed by atoms with Crippen LogP contribution in [0, 0.1) is 6.92 Å². The van der Waals surface area contributed by atoms with Crippen molar-refractivity contribution in [2.75, 3.05) is 6.54 Å². The Hall–Kier alpha value is -1.12. The van der Waals surface area contributed by atoms with Crippen LogP contribution in [0.3, 0.4) is 0 Å². The average Bonchev–Trinajstić information content (AvgIpc) is 2.19. The van der Waals surface area contributed by atoms with Crippen LogP contribution < -0.4 is 5.73 Å². The van der Waals surface area contributed by atoms with Gasteiger partial charge in [-0.1, -0.05) is 6.07 Å². The molecule has 0 atom stereocenters. The molecule has 0 unspecified atom stereocenters. The van der Waals surface area contributed by atoms with Gasteiger partial charge in [-0.15, -0.1) is 12.4 Å². The topological polar surface area (TPSA) is 38.9 Å². The maximum Gasteiger partial charge on any atom is 0.0704 e. The molecule has 1 aromatic carbocycles. The van der Waals surface area contributed by atoms with Crippen molar-refractivity contribution in [3.05, 3.63) is 41.6 Å². The number of aryl methyl sites for hydroxylation is 1.